The highest BCUT2D eigenvalue weighted by molar-refractivity contribution is 6.02. The minimum absolute atomic E-state index is 0.100. The van der Waals surface area contributed by atoms with Crippen molar-refractivity contribution >= 4 is 5.78 Å². The fourth-order valence-corrected chi connectivity index (χ4v) is 2.74. The third-order valence-corrected chi connectivity index (χ3v) is 4.26. The van der Waals surface area contributed by atoms with Crippen LogP contribution in [0.3, 0.4) is 0 Å². The standard InChI is InChI=1S/C17H25NO4/c1-17(2,18-9-11-22-12-10-18)16(21)14-6-3-13(4-7-14)5-8-15(19)20/h3-4,6-7,15,19-20H,5,8-12H2,1-2H3. The number of hydrogen-bond donors (Lipinski definition) is 2. The number of aliphatic hydroxyl groups is 2. The quantitative estimate of drug-likeness (QED) is 0.611. The number of carbonyl (C=O) groups excluding carboxylic acids is 1. The number of hydrogen-bond acceptors (Lipinski definition) is 5. The lowest BCUT2D eigenvalue weighted by molar-refractivity contribution is -0.0447. The molecule has 0 amide bonds. The fraction of sp³-hybridized carbons (Fsp3) is 0.588. The number of rotatable bonds is 6. The molecule has 1 fully saturated rings. The van der Waals surface area contributed by atoms with Crippen LogP contribution in [-0.2, 0) is 11.2 Å². The lowest BCUT2D eigenvalue weighted by Gasteiger charge is -2.39. The Morgan fingerprint density at radius 2 is 1.82 bits per heavy atom. The second-order valence-electron chi connectivity index (χ2n) is 6.20. The summed E-state index contributed by atoms with van der Waals surface area (Å²) in [5, 5.41) is 17.8. The number of nitrogens with zero attached hydrogens (tertiary/aromatic N) is 1. The molecule has 22 heavy (non-hydrogen) atoms. The Balaban J connectivity index is 2.04. The number of aryl methyl sites for hydroxylation is 1. The van der Waals surface area contributed by atoms with Gasteiger partial charge in [-0.25, -0.2) is 0 Å². The van der Waals surface area contributed by atoms with Crippen molar-refractivity contribution in [1.82, 2.24) is 4.90 Å². The highest BCUT2D eigenvalue weighted by Gasteiger charge is 2.35. The Bertz CT molecular complexity index is 490. The lowest BCUT2D eigenvalue weighted by atomic mass is 9.90. The lowest BCUT2D eigenvalue weighted by Crippen LogP contribution is -2.54. The molecule has 1 aliphatic rings. The summed E-state index contributed by atoms with van der Waals surface area (Å²) in [4.78, 5) is 14.9. The van der Waals surface area contributed by atoms with Gasteiger partial charge in [0, 0.05) is 25.1 Å². The molecule has 2 rings (SSSR count). The summed E-state index contributed by atoms with van der Waals surface area (Å²) >= 11 is 0. The zero-order valence-electron chi connectivity index (χ0n) is 13.3. The monoisotopic (exact) mass is 307 g/mol. The van der Waals surface area contributed by atoms with Crippen LogP contribution in [0.25, 0.3) is 0 Å². The Morgan fingerprint density at radius 3 is 2.36 bits per heavy atom. The molecule has 0 unspecified atom stereocenters. The largest absolute Gasteiger partial charge is 0.379 e. The first-order valence-electron chi connectivity index (χ1n) is 7.74. The van der Waals surface area contributed by atoms with Gasteiger partial charge in [-0.3, -0.25) is 9.69 Å². The van der Waals surface area contributed by atoms with Gasteiger partial charge in [-0.05, 0) is 25.8 Å². The van der Waals surface area contributed by atoms with E-state index in [4.69, 9.17) is 14.9 Å². The first-order chi connectivity index (χ1) is 10.4. The van der Waals surface area contributed by atoms with Crippen molar-refractivity contribution < 1.29 is 19.7 Å². The van der Waals surface area contributed by atoms with E-state index in [2.05, 4.69) is 4.90 Å². The van der Waals surface area contributed by atoms with Crippen LogP contribution in [0.5, 0.6) is 0 Å². The zero-order chi connectivity index (χ0) is 16.2. The predicted octanol–water partition coefficient (Wildman–Crippen LogP) is 1.22. The molecule has 0 atom stereocenters. The minimum Gasteiger partial charge on any atom is -0.379 e. The number of morpholine rings is 1. The van der Waals surface area contributed by atoms with Crippen LogP contribution in [0, 0.1) is 0 Å². The van der Waals surface area contributed by atoms with E-state index in [0.29, 0.717) is 31.6 Å². The Kier molecular flexibility index (Phi) is 5.69. The van der Waals surface area contributed by atoms with Crippen LogP contribution in [0.1, 0.15) is 36.2 Å². The molecule has 0 aromatic heterocycles. The highest BCUT2D eigenvalue weighted by Crippen LogP contribution is 2.22. The average molecular weight is 307 g/mol. The summed E-state index contributed by atoms with van der Waals surface area (Å²) < 4.78 is 5.35. The number of ketones is 1. The Labute approximate surface area is 131 Å². The van der Waals surface area contributed by atoms with Gasteiger partial charge in [-0.15, -0.1) is 0 Å². The molecule has 1 aromatic rings. The Morgan fingerprint density at radius 1 is 1.23 bits per heavy atom. The van der Waals surface area contributed by atoms with Gasteiger partial charge in [-0.1, -0.05) is 24.3 Å². The van der Waals surface area contributed by atoms with Crippen LogP contribution < -0.4 is 0 Å². The van der Waals surface area contributed by atoms with E-state index >= 15 is 0 Å². The van der Waals surface area contributed by atoms with Crippen molar-refractivity contribution in [2.24, 2.45) is 0 Å². The van der Waals surface area contributed by atoms with Crippen molar-refractivity contribution in [2.45, 2.75) is 38.5 Å². The predicted molar refractivity (Wildman–Crippen MR) is 83.8 cm³/mol. The van der Waals surface area contributed by atoms with E-state index < -0.39 is 11.8 Å². The van der Waals surface area contributed by atoms with Crippen LogP contribution >= 0.6 is 0 Å². The summed E-state index contributed by atoms with van der Waals surface area (Å²) in [6.07, 6.45) is -0.410. The topological polar surface area (TPSA) is 70.0 Å². The summed E-state index contributed by atoms with van der Waals surface area (Å²) in [5.74, 6) is 0.100. The SMILES string of the molecule is CC(C)(C(=O)c1ccc(CCC(O)O)cc1)N1CCOCC1. The van der Waals surface area contributed by atoms with Crippen LogP contribution in [0.2, 0.25) is 0 Å². The highest BCUT2D eigenvalue weighted by atomic mass is 16.5. The van der Waals surface area contributed by atoms with Gasteiger partial charge in [-0.2, -0.15) is 0 Å². The van der Waals surface area contributed by atoms with E-state index in [0.717, 1.165) is 18.7 Å². The minimum atomic E-state index is -1.29. The summed E-state index contributed by atoms with van der Waals surface area (Å²) in [5.41, 5.74) is 1.13. The summed E-state index contributed by atoms with van der Waals surface area (Å²) in [7, 11) is 0. The van der Waals surface area contributed by atoms with E-state index in [1.54, 1.807) is 0 Å². The molecule has 0 aliphatic carbocycles. The van der Waals surface area contributed by atoms with Gasteiger partial charge in [0.1, 0.15) is 0 Å². The average Bonchev–Trinajstić information content (AvgIpc) is 2.53. The maximum absolute atomic E-state index is 12.8. The number of benzene rings is 1. The van der Waals surface area contributed by atoms with Crippen molar-refractivity contribution in [3.05, 3.63) is 35.4 Å². The fourth-order valence-electron chi connectivity index (χ4n) is 2.74. The van der Waals surface area contributed by atoms with E-state index in [9.17, 15) is 4.79 Å². The van der Waals surface area contributed by atoms with Gasteiger partial charge in [0.25, 0.3) is 0 Å². The van der Waals surface area contributed by atoms with Gasteiger partial charge in [0.05, 0.1) is 18.8 Å². The number of aliphatic hydroxyl groups excluding tert-OH is 1. The third-order valence-electron chi connectivity index (χ3n) is 4.26. The molecule has 1 aliphatic heterocycles. The van der Waals surface area contributed by atoms with Crippen molar-refractivity contribution in [2.75, 3.05) is 26.3 Å². The third kappa shape index (κ3) is 4.14. The second kappa shape index (κ2) is 7.33. The number of Topliss-reactive ketones (excluding diaryl/α,β-unsaturated/α-hetero) is 1. The molecule has 1 aromatic carbocycles. The molecule has 0 bridgehead atoms. The molecule has 1 saturated heterocycles. The normalized spacial score (nSPS) is 17.0. The zero-order valence-corrected chi connectivity index (χ0v) is 13.3. The summed E-state index contributed by atoms with van der Waals surface area (Å²) in [6, 6.07) is 7.41. The first kappa shape index (κ1) is 17.1. The molecule has 0 radical (unpaired) electrons. The molecule has 0 saturated carbocycles. The van der Waals surface area contributed by atoms with E-state index in [1.165, 1.54) is 0 Å². The number of carbonyl (C=O) groups is 1. The summed E-state index contributed by atoms with van der Waals surface area (Å²) in [6.45, 7) is 6.78. The van der Waals surface area contributed by atoms with Crippen molar-refractivity contribution in [1.29, 1.82) is 0 Å². The van der Waals surface area contributed by atoms with Gasteiger partial charge < -0.3 is 14.9 Å². The number of ether oxygens (including phenoxy) is 1. The molecule has 122 valence electrons. The molecule has 5 nitrogen and oxygen atoms in total. The molecule has 5 heteroatoms. The van der Waals surface area contributed by atoms with Gasteiger partial charge in [0.2, 0.25) is 0 Å². The van der Waals surface area contributed by atoms with E-state index in [-0.39, 0.29) is 5.78 Å². The van der Waals surface area contributed by atoms with Crippen LogP contribution in [0.15, 0.2) is 24.3 Å². The van der Waals surface area contributed by atoms with Crippen LogP contribution in [-0.4, -0.2) is 59.0 Å². The maximum Gasteiger partial charge on any atom is 0.182 e. The molecule has 0 spiro atoms. The molecule has 2 N–H and O–H groups in total. The van der Waals surface area contributed by atoms with Crippen LogP contribution in [0.4, 0.5) is 0 Å². The van der Waals surface area contributed by atoms with Gasteiger partial charge >= 0.3 is 0 Å². The molecular formula is C17H25NO4. The maximum atomic E-state index is 12.8. The van der Waals surface area contributed by atoms with Crippen molar-refractivity contribution in [3.63, 3.8) is 0 Å². The molecular weight excluding hydrogens is 282 g/mol. The first-order valence-corrected chi connectivity index (χ1v) is 7.74. The second-order valence-corrected chi connectivity index (χ2v) is 6.20. The van der Waals surface area contributed by atoms with E-state index in [1.807, 2.05) is 38.1 Å². The van der Waals surface area contributed by atoms with Crippen molar-refractivity contribution in [3.8, 4) is 0 Å². The van der Waals surface area contributed by atoms with Gasteiger partial charge in [0.15, 0.2) is 12.1 Å². The smallest absolute Gasteiger partial charge is 0.182 e. The Hall–Kier alpha value is -1.27. The molecule has 1 heterocycles.